The fraction of sp³-hybridized carbons (Fsp3) is 0.500. The number of anilines is 1. The number of rotatable bonds is 3. The molecule has 1 aliphatic rings. The van der Waals surface area contributed by atoms with Gasteiger partial charge in [-0.2, -0.15) is 0 Å². The predicted molar refractivity (Wildman–Crippen MR) is 66.7 cm³/mol. The van der Waals surface area contributed by atoms with Gasteiger partial charge < -0.3 is 20.0 Å². The lowest BCUT2D eigenvalue weighted by molar-refractivity contribution is 0.129. The van der Waals surface area contributed by atoms with E-state index >= 15 is 0 Å². The van der Waals surface area contributed by atoms with Crippen molar-refractivity contribution in [3.05, 3.63) is 23.4 Å². The number of aliphatic hydroxyl groups excluding tert-OH is 1. The van der Waals surface area contributed by atoms with E-state index in [1.807, 2.05) is 24.0 Å². The topological polar surface area (TPSA) is 76.9 Å². The first-order chi connectivity index (χ1) is 8.51. The Labute approximate surface area is 105 Å². The van der Waals surface area contributed by atoms with E-state index in [4.69, 9.17) is 10.2 Å². The van der Waals surface area contributed by atoms with E-state index in [0.717, 1.165) is 11.4 Å². The van der Waals surface area contributed by atoms with Gasteiger partial charge in [0.1, 0.15) is 5.82 Å². The van der Waals surface area contributed by atoms with Crippen LogP contribution in [0.4, 0.5) is 10.6 Å². The van der Waals surface area contributed by atoms with Gasteiger partial charge in [-0.15, -0.1) is 0 Å². The van der Waals surface area contributed by atoms with E-state index in [9.17, 15) is 4.79 Å². The van der Waals surface area contributed by atoms with Crippen LogP contribution >= 0.6 is 0 Å². The standard InChI is InChI=1S/C12H17N3O3/c1-8-3-9(7-16)13-11(4-8)15-5-10(6-15)14(2)12(17)18/h3-4,10,16H,5-7H2,1-2H3,(H,17,18). The van der Waals surface area contributed by atoms with Crippen molar-refractivity contribution in [2.45, 2.75) is 19.6 Å². The summed E-state index contributed by atoms with van der Waals surface area (Å²) in [4.78, 5) is 18.4. The van der Waals surface area contributed by atoms with Gasteiger partial charge >= 0.3 is 6.09 Å². The van der Waals surface area contributed by atoms with Crippen LogP contribution in [0, 0.1) is 6.92 Å². The molecule has 1 aliphatic heterocycles. The Morgan fingerprint density at radius 1 is 1.56 bits per heavy atom. The summed E-state index contributed by atoms with van der Waals surface area (Å²) in [6.45, 7) is 3.15. The second-order valence-corrected chi connectivity index (χ2v) is 4.60. The number of aromatic nitrogens is 1. The first-order valence-corrected chi connectivity index (χ1v) is 5.80. The van der Waals surface area contributed by atoms with Crippen LogP contribution in [-0.4, -0.2) is 52.4 Å². The van der Waals surface area contributed by atoms with E-state index in [1.54, 1.807) is 7.05 Å². The molecular formula is C12H17N3O3. The first kappa shape index (κ1) is 12.6. The molecule has 6 nitrogen and oxygen atoms in total. The minimum Gasteiger partial charge on any atom is -0.465 e. The van der Waals surface area contributed by atoms with E-state index in [-0.39, 0.29) is 12.6 Å². The largest absolute Gasteiger partial charge is 0.465 e. The molecule has 0 saturated carbocycles. The zero-order valence-corrected chi connectivity index (χ0v) is 10.5. The highest BCUT2D eigenvalue weighted by Gasteiger charge is 2.33. The molecule has 1 saturated heterocycles. The molecule has 1 fully saturated rings. The molecule has 1 aromatic heterocycles. The van der Waals surface area contributed by atoms with E-state index in [1.165, 1.54) is 4.90 Å². The van der Waals surface area contributed by atoms with Gasteiger partial charge in [-0.1, -0.05) is 0 Å². The SMILES string of the molecule is Cc1cc(CO)nc(N2CC(N(C)C(=O)O)C2)c1. The number of aliphatic hydroxyl groups is 1. The van der Waals surface area contributed by atoms with Gasteiger partial charge in [0.15, 0.2) is 0 Å². The van der Waals surface area contributed by atoms with Crippen molar-refractivity contribution < 1.29 is 15.0 Å². The molecule has 18 heavy (non-hydrogen) atoms. The van der Waals surface area contributed by atoms with Crippen LogP contribution < -0.4 is 4.90 Å². The summed E-state index contributed by atoms with van der Waals surface area (Å²) in [5.41, 5.74) is 1.68. The number of aryl methyl sites for hydroxylation is 1. The van der Waals surface area contributed by atoms with Crippen molar-refractivity contribution in [2.75, 3.05) is 25.0 Å². The Morgan fingerprint density at radius 3 is 2.78 bits per heavy atom. The molecule has 0 aromatic carbocycles. The Balaban J connectivity index is 2.04. The van der Waals surface area contributed by atoms with Crippen LogP contribution in [0.3, 0.4) is 0 Å². The molecule has 0 spiro atoms. The number of carbonyl (C=O) groups is 1. The average Bonchev–Trinajstić information content (AvgIpc) is 2.25. The van der Waals surface area contributed by atoms with E-state index < -0.39 is 6.09 Å². The summed E-state index contributed by atoms with van der Waals surface area (Å²) >= 11 is 0. The lowest BCUT2D eigenvalue weighted by Crippen LogP contribution is -2.59. The summed E-state index contributed by atoms with van der Waals surface area (Å²) in [6, 6.07) is 3.79. The summed E-state index contributed by atoms with van der Waals surface area (Å²) in [5, 5.41) is 18.0. The highest BCUT2D eigenvalue weighted by Crippen LogP contribution is 2.23. The molecule has 0 radical (unpaired) electrons. The maximum atomic E-state index is 10.8. The van der Waals surface area contributed by atoms with Gasteiger partial charge in [0.05, 0.1) is 18.3 Å². The van der Waals surface area contributed by atoms with Crippen LogP contribution in [0.25, 0.3) is 0 Å². The second kappa shape index (κ2) is 4.81. The number of amides is 1. The summed E-state index contributed by atoms with van der Waals surface area (Å²) in [5.74, 6) is 0.800. The molecule has 1 aromatic rings. The first-order valence-electron chi connectivity index (χ1n) is 5.80. The zero-order chi connectivity index (χ0) is 13.3. The number of hydrogen-bond donors (Lipinski definition) is 2. The highest BCUT2D eigenvalue weighted by molar-refractivity contribution is 5.66. The van der Waals surface area contributed by atoms with Crippen molar-refractivity contribution in [1.29, 1.82) is 0 Å². The normalized spacial score (nSPS) is 15.4. The van der Waals surface area contributed by atoms with Gasteiger partial charge in [-0.3, -0.25) is 0 Å². The quantitative estimate of drug-likeness (QED) is 0.826. The van der Waals surface area contributed by atoms with Crippen molar-refractivity contribution in [1.82, 2.24) is 9.88 Å². The fourth-order valence-corrected chi connectivity index (χ4v) is 2.01. The number of carboxylic acid groups (broad SMARTS) is 1. The lowest BCUT2D eigenvalue weighted by atomic mass is 10.1. The summed E-state index contributed by atoms with van der Waals surface area (Å²) in [7, 11) is 1.58. The maximum Gasteiger partial charge on any atom is 0.407 e. The molecule has 2 rings (SSSR count). The van der Waals surface area contributed by atoms with E-state index in [0.29, 0.717) is 18.8 Å². The third-order valence-corrected chi connectivity index (χ3v) is 3.21. The number of hydrogen-bond acceptors (Lipinski definition) is 4. The van der Waals surface area contributed by atoms with Crippen LogP contribution in [0.2, 0.25) is 0 Å². The Morgan fingerprint density at radius 2 is 2.22 bits per heavy atom. The maximum absolute atomic E-state index is 10.8. The average molecular weight is 251 g/mol. The molecule has 0 aliphatic carbocycles. The molecular weight excluding hydrogens is 234 g/mol. The van der Waals surface area contributed by atoms with Crippen LogP contribution in [0.5, 0.6) is 0 Å². The zero-order valence-electron chi connectivity index (χ0n) is 10.5. The predicted octanol–water partition coefficient (Wildman–Crippen LogP) is 0.681. The summed E-state index contributed by atoms with van der Waals surface area (Å²) < 4.78 is 0. The molecule has 2 N–H and O–H groups in total. The minimum atomic E-state index is -0.909. The van der Waals surface area contributed by atoms with Crippen molar-refractivity contribution >= 4 is 11.9 Å². The summed E-state index contributed by atoms with van der Waals surface area (Å²) in [6.07, 6.45) is -0.909. The van der Waals surface area contributed by atoms with Gasteiger partial charge in [-0.05, 0) is 24.6 Å². The molecule has 2 heterocycles. The lowest BCUT2D eigenvalue weighted by Gasteiger charge is -2.43. The van der Waals surface area contributed by atoms with Gasteiger partial charge in [0, 0.05) is 20.1 Å². The van der Waals surface area contributed by atoms with Gasteiger partial charge in [0.2, 0.25) is 0 Å². The van der Waals surface area contributed by atoms with Crippen LogP contribution in [0.15, 0.2) is 12.1 Å². The number of pyridine rings is 1. The molecule has 0 atom stereocenters. The Bertz CT molecular complexity index is 458. The van der Waals surface area contributed by atoms with Crippen molar-refractivity contribution in [2.24, 2.45) is 0 Å². The third-order valence-electron chi connectivity index (χ3n) is 3.21. The highest BCUT2D eigenvalue weighted by atomic mass is 16.4. The minimum absolute atomic E-state index is 0.0161. The van der Waals surface area contributed by atoms with Gasteiger partial charge in [-0.25, -0.2) is 9.78 Å². The van der Waals surface area contributed by atoms with Gasteiger partial charge in [0.25, 0.3) is 0 Å². The van der Waals surface area contributed by atoms with E-state index in [2.05, 4.69) is 4.98 Å². The molecule has 6 heteroatoms. The fourth-order valence-electron chi connectivity index (χ4n) is 2.01. The van der Waals surface area contributed by atoms with Crippen molar-refractivity contribution in [3.63, 3.8) is 0 Å². The van der Waals surface area contributed by atoms with Crippen LogP contribution in [0.1, 0.15) is 11.3 Å². The molecule has 0 unspecified atom stereocenters. The Kier molecular flexibility index (Phi) is 3.38. The number of likely N-dealkylation sites (N-methyl/N-ethyl adjacent to an activating group) is 1. The molecule has 1 amide bonds. The molecule has 98 valence electrons. The Hall–Kier alpha value is -1.82. The smallest absolute Gasteiger partial charge is 0.407 e. The monoisotopic (exact) mass is 251 g/mol. The second-order valence-electron chi connectivity index (χ2n) is 4.60. The third kappa shape index (κ3) is 2.38. The van der Waals surface area contributed by atoms with Crippen LogP contribution in [-0.2, 0) is 6.61 Å². The number of nitrogens with zero attached hydrogens (tertiary/aromatic N) is 3. The van der Waals surface area contributed by atoms with Crippen molar-refractivity contribution in [3.8, 4) is 0 Å². The molecule has 0 bridgehead atoms.